The van der Waals surface area contributed by atoms with E-state index < -0.39 is 0 Å². The number of fused-ring (bicyclic) bond motifs is 1. The van der Waals surface area contributed by atoms with Crippen LogP contribution in [0.4, 0.5) is 0 Å². The molecule has 0 heterocycles. The van der Waals surface area contributed by atoms with Crippen molar-refractivity contribution in [3.63, 3.8) is 0 Å². The summed E-state index contributed by atoms with van der Waals surface area (Å²) >= 11 is 0. The highest BCUT2D eigenvalue weighted by Gasteiger charge is 2.44. The summed E-state index contributed by atoms with van der Waals surface area (Å²) in [6, 6.07) is 0. The summed E-state index contributed by atoms with van der Waals surface area (Å²) < 4.78 is 0. The summed E-state index contributed by atoms with van der Waals surface area (Å²) in [7, 11) is 0. The number of rotatable bonds is 1. The van der Waals surface area contributed by atoms with Gasteiger partial charge in [0.1, 0.15) is 0 Å². The summed E-state index contributed by atoms with van der Waals surface area (Å²) in [6.07, 6.45) is 5.48. The molecule has 1 fully saturated rings. The van der Waals surface area contributed by atoms with Crippen LogP contribution in [-0.2, 0) is 0 Å². The zero-order chi connectivity index (χ0) is 11.9. The Kier molecular flexibility index (Phi) is 3.00. The van der Waals surface area contributed by atoms with Gasteiger partial charge in [0.25, 0.3) is 0 Å². The van der Waals surface area contributed by atoms with E-state index in [1.165, 1.54) is 29.6 Å². The van der Waals surface area contributed by atoms with Crippen LogP contribution in [0.3, 0.4) is 0 Å². The van der Waals surface area contributed by atoms with Gasteiger partial charge in [0, 0.05) is 5.41 Å². The van der Waals surface area contributed by atoms with E-state index in [1.54, 1.807) is 0 Å². The summed E-state index contributed by atoms with van der Waals surface area (Å²) in [5.74, 6) is 0.492. The van der Waals surface area contributed by atoms with Gasteiger partial charge in [-0.1, -0.05) is 30.2 Å². The first-order chi connectivity index (χ1) is 7.45. The van der Waals surface area contributed by atoms with E-state index in [9.17, 15) is 5.11 Å². The Hall–Kier alpha value is -0.560. The van der Waals surface area contributed by atoms with Gasteiger partial charge in [0.05, 0.1) is 6.10 Å². The van der Waals surface area contributed by atoms with Crippen molar-refractivity contribution in [2.24, 2.45) is 11.3 Å². The second kappa shape index (κ2) is 4.03. The van der Waals surface area contributed by atoms with Crippen LogP contribution in [0.1, 0.15) is 52.9 Å². The molecular formula is C15H24O. The first-order valence-corrected chi connectivity index (χ1v) is 6.47. The first-order valence-electron chi connectivity index (χ1n) is 6.47. The normalized spacial score (nSPS) is 39.5. The average Bonchev–Trinajstić information content (AvgIpc) is 2.20. The Morgan fingerprint density at radius 2 is 2.19 bits per heavy atom. The van der Waals surface area contributed by atoms with E-state index in [0.29, 0.717) is 5.92 Å². The predicted molar refractivity (Wildman–Crippen MR) is 68.2 cm³/mol. The van der Waals surface area contributed by atoms with E-state index in [2.05, 4.69) is 27.4 Å². The summed E-state index contributed by atoms with van der Waals surface area (Å²) in [4.78, 5) is 0. The SMILES string of the molecule is C=C(C)C1CC2=C(C)CCCC2(C)C(O)C1. The van der Waals surface area contributed by atoms with Gasteiger partial charge in [-0.15, -0.1) is 0 Å². The van der Waals surface area contributed by atoms with E-state index in [4.69, 9.17) is 0 Å². The Morgan fingerprint density at radius 3 is 2.81 bits per heavy atom. The molecule has 0 radical (unpaired) electrons. The lowest BCUT2D eigenvalue weighted by molar-refractivity contribution is 0.0118. The lowest BCUT2D eigenvalue weighted by atomic mass is 9.59. The molecule has 3 atom stereocenters. The van der Waals surface area contributed by atoms with Gasteiger partial charge < -0.3 is 5.11 Å². The van der Waals surface area contributed by atoms with Gasteiger partial charge in [-0.3, -0.25) is 0 Å². The maximum atomic E-state index is 10.4. The fourth-order valence-electron chi connectivity index (χ4n) is 3.52. The average molecular weight is 220 g/mol. The quantitative estimate of drug-likeness (QED) is 0.666. The number of hydrogen-bond donors (Lipinski definition) is 1. The number of allylic oxidation sites excluding steroid dienone is 2. The fraction of sp³-hybridized carbons (Fsp3) is 0.733. The minimum atomic E-state index is -0.173. The second-order valence-electron chi connectivity index (χ2n) is 6.03. The first kappa shape index (κ1) is 11.9. The van der Waals surface area contributed by atoms with Gasteiger partial charge in [-0.25, -0.2) is 0 Å². The van der Waals surface area contributed by atoms with Crippen molar-refractivity contribution in [2.45, 2.75) is 59.0 Å². The van der Waals surface area contributed by atoms with E-state index >= 15 is 0 Å². The molecule has 0 spiro atoms. The molecule has 0 aromatic heterocycles. The molecule has 2 aliphatic rings. The Morgan fingerprint density at radius 1 is 1.50 bits per heavy atom. The fourth-order valence-corrected chi connectivity index (χ4v) is 3.52. The molecular weight excluding hydrogens is 196 g/mol. The van der Waals surface area contributed by atoms with Crippen molar-refractivity contribution >= 4 is 0 Å². The monoisotopic (exact) mass is 220 g/mol. The van der Waals surface area contributed by atoms with Crippen LogP contribution in [0.25, 0.3) is 0 Å². The number of hydrogen-bond acceptors (Lipinski definition) is 1. The molecule has 2 rings (SSSR count). The molecule has 16 heavy (non-hydrogen) atoms. The Balaban J connectivity index is 2.35. The molecule has 1 heteroatoms. The zero-order valence-corrected chi connectivity index (χ0v) is 10.8. The van der Waals surface area contributed by atoms with Crippen molar-refractivity contribution < 1.29 is 5.11 Å². The van der Waals surface area contributed by atoms with E-state index in [0.717, 1.165) is 19.3 Å². The second-order valence-corrected chi connectivity index (χ2v) is 6.03. The number of aliphatic hydroxyl groups excluding tert-OH is 1. The molecule has 3 unspecified atom stereocenters. The minimum absolute atomic E-state index is 0.0638. The van der Waals surface area contributed by atoms with Crippen molar-refractivity contribution in [3.05, 3.63) is 23.3 Å². The van der Waals surface area contributed by atoms with Gasteiger partial charge in [-0.05, 0) is 51.9 Å². The Bertz CT molecular complexity index is 339. The van der Waals surface area contributed by atoms with E-state index in [-0.39, 0.29) is 11.5 Å². The molecule has 0 aromatic carbocycles. The highest BCUT2D eigenvalue weighted by atomic mass is 16.3. The lowest BCUT2D eigenvalue weighted by Gasteiger charge is -2.47. The van der Waals surface area contributed by atoms with Gasteiger partial charge >= 0.3 is 0 Å². The lowest BCUT2D eigenvalue weighted by Crippen LogP contribution is -2.42. The van der Waals surface area contributed by atoms with Gasteiger partial charge in [0.15, 0.2) is 0 Å². The molecule has 0 amide bonds. The van der Waals surface area contributed by atoms with Crippen LogP contribution in [0.5, 0.6) is 0 Å². The van der Waals surface area contributed by atoms with Crippen LogP contribution in [0.15, 0.2) is 23.3 Å². The topological polar surface area (TPSA) is 20.2 Å². The number of aliphatic hydroxyl groups is 1. The molecule has 0 aliphatic heterocycles. The summed E-state index contributed by atoms with van der Waals surface area (Å²) in [6.45, 7) is 10.7. The van der Waals surface area contributed by atoms with Crippen molar-refractivity contribution in [2.75, 3.05) is 0 Å². The third-order valence-corrected chi connectivity index (χ3v) is 4.84. The van der Waals surface area contributed by atoms with Gasteiger partial charge in [-0.2, -0.15) is 0 Å². The Labute approximate surface area is 99.3 Å². The maximum Gasteiger partial charge on any atom is 0.0636 e. The molecule has 1 N–H and O–H groups in total. The highest BCUT2D eigenvalue weighted by Crippen LogP contribution is 2.52. The standard InChI is InChI=1S/C15H24O/c1-10(2)12-8-13-11(3)6-5-7-15(13,4)14(16)9-12/h12,14,16H,1,5-9H2,2-4H3. The minimum Gasteiger partial charge on any atom is -0.392 e. The predicted octanol–water partition coefficient (Wildman–Crippen LogP) is 3.84. The summed E-state index contributed by atoms with van der Waals surface area (Å²) in [5.41, 5.74) is 4.35. The molecule has 2 aliphatic carbocycles. The largest absolute Gasteiger partial charge is 0.392 e. The zero-order valence-electron chi connectivity index (χ0n) is 10.8. The third kappa shape index (κ3) is 1.75. The smallest absolute Gasteiger partial charge is 0.0636 e. The van der Waals surface area contributed by atoms with E-state index in [1.807, 2.05) is 0 Å². The third-order valence-electron chi connectivity index (χ3n) is 4.84. The summed E-state index contributed by atoms with van der Waals surface area (Å²) in [5, 5.41) is 10.4. The molecule has 1 saturated carbocycles. The van der Waals surface area contributed by atoms with Crippen LogP contribution in [-0.4, -0.2) is 11.2 Å². The van der Waals surface area contributed by atoms with Crippen LogP contribution in [0.2, 0.25) is 0 Å². The van der Waals surface area contributed by atoms with Crippen LogP contribution < -0.4 is 0 Å². The highest BCUT2D eigenvalue weighted by molar-refractivity contribution is 5.29. The molecule has 0 saturated heterocycles. The molecule has 0 bridgehead atoms. The van der Waals surface area contributed by atoms with Crippen LogP contribution >= 0.6 is 0 Å². The molecule has 1 nitrogen and oxygen atoms in total. The van der Waals surface area contributed by atoms with Crippen molar-refractivity contribution in [3.8, 4) is 0 Å². The van der Waals surface area contributed by atoms with Gasteiger partial charge in [0.2, 0.25) is 0 Å². The molecule has 0 aromatic rings. The van der Waals surface area contributed by atoms with Crippen molar-refractivity contribution in [1.82, 2.24) is 0 Å². The van der Waals surface area contributed by atoms with Crippen LogP contribution in [0, 0.1) is 11.3 Å². The molecule has 90 valence electrons. The van der Waals surface area contributed by atoms with Crippen molar-refractivity contribution in [1.29, 1.82) is 0 Å². The maximum absolute atomic E-state index is 10.4.